The number of nitrogens with one attached hydrogen (secondary N) is 5. The van der Waals surface area contributed by atoms with Crippen LogP contribution in [-0.2, 0) is 40.6 Å². The second kappa shape index (κ2) is 21.6. The number of nitrogens with zero attached hydrogens (tertiary/aromatic N) is 1. The molecule has 4 rings (SSSR count). The minimum Gasteiger partial charge on any atom is -0.492 e. The van der Waals surface area contributed by atoms with Crippen LogP contribution >= 0.6 is 0 Å². The summed E-state index contributed by atoms with van der Waals surface area (Å²) in [5, 5.41) is 15.4. The molecule has 0 radical (unpaired) electrons. The van der Waals surface area contributed by atoms with Crippen molar-refractivity contribution in [1.82, 2.24) is 30.9 Å². The molecule has 62 heavy (non-hydrogen) atoms. The Morgan fingerprint density at radius 3 is 2.08 bits per heavy atom. The van der Waals surface area contributed by atoms with Gasteiger partial charge < -0.3 is 52.8 Å². The average molecular weight is 881 g/mol. The largest absolute Gasteiger partial charge is 0.492 e. The van der Waals surface area contributed by atoms with E-state index in [1.807, 2.05) is 13.0 Å². The van der Waals surface area contributed by atoms with Crippen LogP contribution in [-0.4, -0.2) is 113 Å². The second-order valence-electron chi connectivity index (χ2n) is 14.9. The van der Waals surface area contributed by atoms with Crippen LogP contribution in [0.15, 0.2) is 54.6 Å². The van der Waals surface area contributed by atoms with Crippen molar-refractivity contribution in [1.29, 1.82) is 0 Å². The Morgan fingerprint density at radius 2 is 1.48 bits per heavy atom. The fourth-order valence-corrected chi connectivity index (χ4v) is 7.25. The number of benzene rings is 3. The first-order valence-electron chi connectivity index (χ1n) is 19.8. The topological polar surface area (TPSA) is 322 Å². The lowest BCUT2D eigenvalue weighted by atomic mass is 9.93. The van der Waals surface area contributed by atoms with E-state index < -0.39 is 75.9 Å². The van der Waals surface area contributed by atoms with Crippen molar-refractivity contribution in [3.63, 3.8) is 0 Å². The van der Waals surface area contributed by atoms with Crippen LogP contribution in [0.3, 0.4) is 0 Å². The van der Waals surface area contributed by atoms with Crippen molar-refractivity contribution >= 4 is 45.7 Å². The maximum Gasteiger partial charge on any atom is 0.298 e. The van der Waals surface area contributed by atoms with E-state index >= 15 is 0 Å². The zero-order valence-corrected chi connectivity index (χ0v) is 36.1. The monoisotopic (exact) mass is 880 g/mol. The molecule has 0 aromatic heterocycles. The molecular formula is C41H56N10O10S. The number of aryl methyl sites for hydroxylation is 2. The lowest BCUT2D eigenvalue weighted by molar-refractivity contribution is -0.141. The number of amides is 6. The quantitative estimate of drug-likeness (QED) is 0.0806. The maximum atomic E-state index is 14.5. The van der Waals surface area contributed by atoms with Gasteiger partial charge in [-0.2, -0.15) is 8.42 Å². The Labute approximate surface area is 360 Å². The van der Waals surface area contributed by atoms with Gasteiger partial charge >= 0.3 is 0 Å². The van der Waals surface area contributed by atoms with Crippen molar-refractivity contribution in [2.45, 2.75) is 70.7 Å². The lowest BCUT2D eigenvalue weighted by Gasteiger charge is -2.32. The highest BCUT2D eigenvalue weighted by Gasteiger charge is 2.36. The molecule has 0 aliphatic carbocycles. The molecule has 0 fully saturated rings. The number of fused-ring (bicyclic) bond motifs is 5. The normalized spacial score (nSPS) is 17.5. The first-order chi connectivity index (χ1) is 29.3. The van der Waals surface area contributed by atoms with Crippen LogP contribution in [0.4, 0.5) is 0 Å². The first kappa shape index (κ1) is 48.5. The van der Waals surface area contributed by atoms with Gasteiger partial charge in [-0.25, -0.2) is 9.86 Å². The third-order valence-electron chi connectivity index (χ3n) is 9.89. The van der Waals surface area contributed by atoms with Gasteiger partial charge in [-0.15, -0.1) is 0 Å². The average Bonchev–Trinajstić information content (AvgIpc) is 3.20. The summed E-state index contributed by atoms with van der Waals surface area (Å²) in [6, 6.07) is 8.32. The van der Waals surface area contributed by atoms with Crippen molar-refractivity contribution in [3.8, 4) is 22.6 Å². The molecule has 336 valence electrons. The van der Waals surface area contributed by atoms with Crippen LogP contribution in [0.25, 0.3) is 11.1 Å². The summed E-state index contributed by atoms with van der Waals surface area (Å²) >= 11 is 0. The second-order valence-corrected chi connectivity index (χ2v) is 16.2. The molecule has 20 nitrogen and oxygen atoms in total. The van der Waals surface area contributed by atoms with Crippen molar-refractivity contribution in [2.24, 2.45) is 22.3 Å². The smallest absolute Gasteiger partial charge is 0.298 e. The van der Waals surface area contributed by atoms with E-state index in [-0.39, 0.29) is 51.3 Å². The highest BCUT2D eigenvalue weighted by atomic mass is 32.2. The fraction of sp³-hybridized carbons (Fsp3) is 0.415. The van der Waals surface area contributed by atoms with Crippen LogP contribution < -0.4 is 57.8 Å². The Kier molecular flexibility index (Phi) is 16.9. The van der Waals surface area contributed by atoms with Crippen molar-refractivity contribution < 1.29 is 46.7 Å². The highest BCUT2D eigenvalue weighted by Crippen LogP contribution is 2.40. The van der Waals surface area contributed by atoms with Crippen LogP contribution in [0, 0.1) is 13.8 Å². The Hall–Kier alpha value is -6.13. The zero-order valence-electron chi connectivity index (χ0n) is 35.3. The number of hydrogen-bond donors (Lipinski definition) is 9. The number of hydrogen-bond acceptors (Lipinski definition) is 13. The van der Waals surface area contributed by atoms with Gasteiger partial charge in [0.05, 0.1) is 0 Å². The van der Waals surface area contributed by atoms with Crippen molar-refractivity contribution in [3.05, 3.63) is 82.4 Å². The third kappa shape index (κ3) is 12.7. The molecule has 3 aromatic carbocycles. The molecule has 1 aliphatic rings. The molecule has 5 atom stereocenters. The number of likely N-dealkylation sites (N-methyl/N-ethyl adjacent to an activating group) is 1. The number of rotatable bonds is 16. The summed E-state index contributed by atoms with van der Waals surface area (Å²) in [5.74, 6) is -4.17. The summed E-state index contributed by atoms with van der Waals surface area (Å²) in [4.78, 5) is 83.7. The predicted molar refractivity (Wildman–Crippen MR) is 229 cm³/mol. The molecule has 0 unspecified atom stereocenters. The number of ether oxygens (including phenoxy) is 2. The maximum absolute atomic E-state index is 14.5. The summed E-state index contributed by atoms with van der Waals surface area (Å²) < 4.78 is 36.7. The molecule has 1 aliphatic heterocycles. The van der Waals surface area contributed by atoms with Gasteiger partial charge in [0.2, 0.25) is 23.6 Å². The van der Waals surface area contributed by atoms with E-state index in [0.717, 1.165) is 10.5 Å². The molecule has 3 aromatic rings. The molecule has 4 bridgehead atoms. The van der Waals surface area contributed by atoms with Gasteiger partial charge in [-0.3, -0.25) is 28.8 Å². The van der Waals surface area contributed by atoms with Gasteiger partial charge in [0, 0.05) is 43.2 Å². The van der Waals surface area contributed by atoms with Crippen LogP contribution in [0.5, 0.6) is 11.5 Å². The lowest BCUT2D eigenvalue weighted by Crippen LogP contribution is -2.57. The Morgan fingerprint density at radius 1 is 0.855 bits per heavy atom. The molecule has 0 saturated carbocycles. The van der Waals surface area contributed by atoms with Gasteiger partial charge in [0.1, 0.15) is 54.9 Å². The molecule has 1 heterocycles. The van der Waals surface area contributed by atoms with Gasteiger partial charge in [0.25, 0.3) is 22.0 Å². The molecule has 0 spiro atoms. The summed E-state index contributed by atoms with van der Waals surface area (Å²) in [6.07, 6.45) is -0.147. The van der Waals surface area contributed by atoms with E-state index in [9.17, 15) is 37.2 Å². The summed E-state index contributed by atoms with van der Waals surface area (Å²) in [6.45, 7) is 6.75. The first-order valence-corrected chi connectivity index (χ1v) is 21.4. The van der Waals surface area contributed by atoms with Gasteiger partial charge in [-0.1, -0.05) is 29.8 Å². The van der Waals surface area contributed by atoms with Crippen LogP contribution in [0.2, 0.25) is 0 Å². The Balaban J connectivity index is 1.87. The van der Waals surface area contributed by atoms with E-state index in [1.54, 1.807) is 60.2 Å². The SMILES string of the molecule is Cc1ccc(C(=O)N[C@@H](CCN)C(=O)N(C)[C@@H]2C(=O)N[C@@H](C)C(=O)N[C@H](C(=O)N[C@@H](C)C(=O)NS(N)(=O)=O)Cc3ccc(OCCN)c(c3)-c3cc2ccc3OCCN)c(C)c1. The third-order valence-corrected chi connectivity index (χ3v) is 10.4. The summed E-state index contributed by atoms with van der Waals surface area (Å²) in [5.41, 5.74) is 21.1. The van der Waals surface area contributed by atoms with E-state index in [0.29, 0.717) is 39.3 Å². The van der Waals surface area contributed by atoms with Crippen LogP contribution in [0.1, 0.15) is 58.9 Å². The molecule has 0 saturated heterocycles. The number of nitrogens with two attached hydrogens (primary N) is 4. The molecular weight excluding hydrogens is 825 g/mol. The zero-order chi connectivity index (χ0) is 45.9. The van der Waals surface area contributed by atoms with Gasteiger partial charge in [-0.05, 0) is 87.7 Å². The standard InChI is InChI=1S/C41H56N10O10S/c1-22-6-9-28(23(2)18-22)38(54)48-31(12-13-42)41(57)51(5)35-27-8-11-34(61-17-15-44)30(21-27)29-19-26(7-10-33(29)60-16-14-43)20-32(49-36(52)24(3)47-40(35)56)39(55)46-25(4)37(53)50-62(45,58)59/h6-11,18-19,21,24-25,31-32,35H,12-17,20,42-44H2,1-5H3,(H,46,55)(H,47,56)(H,48,54)(H,49,52)(H,50,53)(H2,45,58,59)/t24-,25-,31-,32-,35-/m0/s1. The minimum atomic E-state index is -4.45. The fourth-order valence-electron chi connectivity index (χ4n) is 6.79. The molecule has 6 amide bonds. The molecule has 21 heteroatoms. The molecule has 13 N–H and O–H groups in total. The summed E-state index contributed by atoms with van der Waals surface area (Å²) in [7, 11) is -3.07. The van der Waals surface area contributed by atoms with E-state index in [2.05, 4.69) is 21.3 Å². The van der Waals surface area contributed by atoms with E-state index in [4.69, 9.17) is 31.8 Å². The van der Waals surface area contributed by atoms with Gasteiger partial charge in [0.15, 0.2) is 0 Å². The predicted octanol–water partition coefficient (Wildman–Crippen LogP) is -1.34. The van der Waals surface area contributed by atoms with E-state index in [1.165, 1.54) is 20.9 Å². The van der Waals surface area contributed by atoms with Crippen molar-refractivity contribution in [2.75, 3.05) is 39.9 Å². The highest BCUT2D eigenvalue weighted by molar-refractivity contribution is 7.87. The minimum absolute atomic E-state index is 0.00896. The number of carbonyl (C=O) groups excluding carboxylic acids is 6. The number of carbonyl (C=O) groups is 6. The Bertz CT molecular complexity index is 2270.